The summed E-state index contributed by atoms with van der Waals surface area (Å²) >= 11 is 1.10. The lowest BCUT2D eigenvalue weighted by Crippen LogP contribution is -2.36. The number of nitrogens with two attached hydrogens (primary N) is 1. The van der Waals surface area contributed by atoms with Crippen LogP contribution in [0.3, 0.4) is 0 Å². The van der Waals surface area contributed by atoms with E-state index < -0.39 is 17.0 Å². The molecule has 0 atom stereocenters. The standard InChI is InChI=1S/C23H25N7O4S/c1-2-3-6-11-28-20(33)14-7-4-5-8-15(14)30-21(28)26-27-23(30)35-12-16(31)17-18(24)29(13-9-10-13)22(34)25-19(17)32/h4-5,7-8,13H,2-3,6,9-12,24H2,1H3,(H,25,32,34). The second kappa shape index (κ2) is 9.17. The van der Waals surface area contributed by atoms with Crippen LogP contribution in [0.4, 0.5) is 5.82 Å². The Kier molecular flexibility index (Phi) is 6.05. The summed E-state index contributed by atoms with van der Waals surface area (Å²) in [5.74, 6) is -0.353. The highest BCUT2D eigenvalue weighted by Gasteiger charge is 2.30. The Morgan fingerprint density at radius 2 is 1.94 bits per heavy atom. The molecular weight excluding hydrogens is 470 g/mol. The Bertz CT molecular complexity index is 1630. The van der Waals surface area contributed by atoms with Crippen molar-refractivity contribution in [3.8, 4) is 0 Å². The number of nitrogens with zero attached hydrogens (tertiary/aromatic N) is 5. The van der Waals surface area contributed by atoms with E-state index in [0.717, 1.165) is 43.9 Å². The van der Waals surface area contributed by atoms with Crippen molar-refractivity contribution in [2.75, 3.05) is 11.5 Å². The number of hydrogen-bond acceptors (Lipinski definition) is 8. The molecule has 5 rings (SSSR count). The lowest BCUT2D eigenvalue weighted by Gasteiger charge is -2.12. The molecule has 1 saturated carbocycles. The largest absolute Gasteiger partial charge is 0.384 e. The molecule has 12 heteroatoms. The minimum Gasteiger partial charge on any atom is -0.384 e. The van der Waals surface area contributed by atoms with Crippen LogP contribution in [0.25, 0.3) is 16.7 Å². The van der Waals surface area contributed by atoms with E-state index in [1.165, 1.54) is 4.57 Å². The highest BCUT2D eigenvalue weighted by atomic mass is 32.2. The number of para-hydroxylation sites is 1. The topological polar surface area (TPSA) is 150 Å². The van der Waals surface area contributed by atoms with E-state index in [4.69, 9.17) is 5.73 Å². The van der Waals surface area contributed by atoms with Crippen molar-refractivity contribution >= 4 is 40.0 Å². The summed E-state index contributed by atoms with van der Waals surface area (Å²) in [4.78, 5) is 52.9. The van der Waals surface area contributed by atoms with E-state index >= 15 is 0 Å². The quantitative estimate of drug-likeness (QED) is 0.203. The predicted molar refractivity (Wildman–Crippen MR) is 133 cm³/mol. The van der Waals surface area contributed by atoms with Gasteiger partial charge >= 0.3 is 5.69 Å². The number of rotatable bonds is 9. The fourth-order valence-electron chi connectivity index (χ4n) is 4.28. The summed E-state index contributed by atoms with van der Waals surface area (Å²) in [5.41, 5.74) is 4.96. The molecule has 0 aliphatic heterocycles. The van der Waals surface area contributed by atoms with Gasteiger partial charge in [-0.1, -0.05) is 43.7 Å². The number of aromatic nitrogens is 6. The number of aryl methyl sites for hydroxylation is 1. The van der Waals surface area contributed by atoms with Crippen molar-refractivity contribution < 1.29 is 4.79 Å². The molecule has 3 N–H and O–H groups in total. The van der Waals surface area contributed by atoms with Gasteiger partial charge in [-0.05, 0) is 31.4 Å². The number of unbranched alkanes of at least 4 members (excludes halogenated alkanes) is 2. The predicted octanol–water partition coefficient (Wildman–Crippen LogP) is 1.98. The number of benzene rings is 1. The Morgan fingerprint density at radius 1 is 1.17 bits per heavy atom. The molecule has 3 heterocycles. The fourth-order valence-corrected chi connectivity index (χ4v) is 5.09. The first kappa shape index (κ1) is 23.1. The smallest absolute Gasteiger partial charge is 0.330 e. The average molecular weight is 496 g/mol. The van der Waals surface area contributed by atoms with E-state index in [1.54, 1.807) is 21.1 Å². The molecular formula is C23H25N7O4S. The normalized spacial score (nSPS) is 13.6. The number of carbonyl (C=O) groups is 1. The number of nitrogens with one attached hydrogen (secondary N) is 1. The Labute approximate surface area is 203 Å². The van der Waals surface area contributed by atoms with E-state index in [0.29, 0.717) is 28.4 Å². The number of aromatic amines is 1. The van der Waals surface area contributed by atoms with E-state index in [9.17, 15) is 19.2 Å². The first-order chi connectivity index (χ1) is 16.9. The molecule has 0 amide bonds. The van der Waals surface area contributed by atoms with Gasteiger partial charge in [0.25, 0.3) is 11.1 Å². The molecule has 1 aromatic carbocycles. The zero-order valence-corrected chi connectivity index (χ0v) is 20.0. The number of nitrogen functional groups attached to an aromatic ring is 1. The number of anilines is 1. The lowest BCUT2D eigenvalue weighted by atomic mass is 10.2. The third-order valence-corrected chi connectivity index (χ3v) is 7.10. The third-order valence-electron chi connectivity index (χ3n) is 6.17. The molecule has 4 aromatic rings. The van der Waals surface area contributed by atoms with E-state index in [-0.39, 0.29) is 28.7 Å². The van der Waals surface area contributed by atoms with Crippen LogP contribution in [0.2, 0.25) is 0 Å². The van der Waals surface area contributed by atoms with Crippen LogP contribution in [0.5, 0.6) is 0 Å². The first-order valence-corrected chi connectivity index (χ1v) is 12.6. The maximum atomic E-state index is 13.1. The molecule has 0 spiro atoms. The van der Waals surface area contributed by atoms with Crippen molar-refractivity contribution in [2.45, 2.75) is 56.8 Å². The Hall–Kier alpha value is -3.67. The van der Waals surface area contributed by atoms with Crippen molar-refractivity contribution in [1.29, 1.82) is 0 Å². The van der Waals surface area contributed by atoms with Crippen molar-refractivity contribution in [1.82, 2.24) is 28.7 Å². The molecule has 11 nitrogen and oxygen atoms in total. The van der Waals surface area contributed by atoms with Gasteiger partial charge in [0.15, 0.2) is 10.9 Å². The molecule has 0 saturated heterocycles. The van der Waals surface area contributed by atoms with Gasteiger partial charge in [0, 0.05) is 12.6 Å². The molecule has 3 aromatic heterocycles. The number of carbonyl (C=O) groups excluding carboxylic acids is 1. The Balaban J connectivity index is 1.52. The summed E-state index contributed by atoms with van der Waals surface area (Å²) in [7, 11) is 0. The van der Waals surface area contributed by atoms with Crippen LogP contribution >= 0.6 is 11.8 Å². The molecule has 0 radical (unpaired) electrons. The van der Waals surface area contributed by atoms with Crippen molar-refractivity contribution in [3.63, 3.8) is 0 Å². The maximum absolute atomic E-state index is 13.1. The zero-order chi connectivity index (χ0) is 24.7. The molecule has 0 bridgehead atoms. The average Bonchev–Trinajstić information content (AvgIpc) is 3.57. The lowest BCUT2D eigenvalue weighted by molar-refractivity contribution is 0.102. The van der Waals surface area contributed by atoms with Gasteiger partial charge in [-0.2, -0.15) is 0 Å². The third kappa shape index (κ3) is 4.07. The number of H-pyrrole nitrogens is 1. The monoisotopic (exact) mass is 495 g/mol. The summed E-state index contributed by atoms with van der Waals surface area (Å²) < 4.78 is 4.67. The maximum Gasteiger partial charge on any atom is 0.330 e. The number of thioether (sulfide) groups is 1. The summed E-state index contributed by atoms with van der Waals surface area (Å²) in [6.45, 7) is 2.60. The van der Waals surface area contributed by atoms with Gasteiger partial charge in [0.1, 0.15) is 11.4 Å². The van der Waals surface area contributed by atoms with E-state index in [1.807, 2.05) is 12.1 Å². The fraction of sp³-hybridized carbons (Fsp3) is 0.391. The van der Waals surface area contributed by atoms with Crippen LogP contribution < -0.4 is 22.5 Å². The van der Waals surface area contributed by atoms with E-state index in [2.05, 4.69) is 22.1 Å². The number of ketones is 1. The molecule has 0 unspecified atom stereocenters. The van der Waals surface area contributed by atoms with Crippen molar-refractivity contribution in [2.24, 2.45) is 0 Å². The molecule has 1 aliphatic rings. The van der Waals surface area contributed by atoms with Crippen molar-refractivity contribution in [3.05, 3.63) is 61.0 Å². The molecule has 1 aliphatic carbocycles. The zero-order valence-electron chi connectivity index (χ0n) is 19.2. The molecule has 1 fully saturated rings. The summed E-state index contributed by atoms with van der Waals surface area (Å²) in [5, 5.41) is 9.45. The van der Waals surface area contributed by atoms with Gasteiger partial charge in [0.2, 0.25) is 5.78 Å². The number of hydrogen-bond donors (Lipinski definition) is 2. The highest BCUT2D eigenvalue weighted by molar-refractivity contribution is 7.99. The Morgan fingerprint density at radius 3 is 2.69 bits per heavy atom. The number of fused-ring (bicyclic) bond motifs is 3. The molecule has 35 heavy (non-hydrogen) atoms. The first-order valence-electron chi connectivity index (χ1n) is 11.6. The van der Waals surface area contributed by atoms with Gasteiger partial charge in [-0.15, -0.1) is 10.2 Å². The van der Waals surface area contributed by atoms with Gasteiger partial charge in [-0.25, -0.2) is 4.79 Å². The number of Topliss-reactive ketones (excluding diaryl/α,β-unsaturated/α-hetero) is 1. The molecule has 182 valence electrons. The van der Waals surface area contributed by atoms with Crippen LogP contribution in [0.15, 0.2) is 43.8 Å². The van der Waals surface area contributed by atoms with Gasteiger partial charge < -0.3 is 5.73 Å². The van der Waals surface area contributed by atoms with Crippen LogP contribution in [0.1, 0.15) is 55.4 Å². The summed E-state index contributed by atoms with van der Waals surface area (Å²) in [6.07, 6.45) is 4.38. The summed E-state index contributed by atoms with van der Waals surface area (Å²) in [6, 6.07) is 7.10. The van der Waals surface area contributed by atoms with Crippen LogP contribution in [0, 0.1) is 0 Å². The minimum absolute atomic E-state index is 0.0881. The SMILES string of the molecule is CCCCCn1c(=O)c2ccccc2n2c(SCC(=O)c3c(N)n(C4CC4)c(=O)[nH]c3=O)nnc12. The minimum atomic E-state index is -0.795. The second-order valence-electron chi connectivity index (χ2n) is 8.63. The van der Waals surface area contributed by atoms with Gasteiger partial charge in [-0.3, -0.25) is 32.9 Å². The van der Waals surface area contributed by atoms with Crippen LogP contribution in [-0.2, 0) is 6.54 Å². The van der Waals surface area contributed by atoms with Crippen LogP contribution in [-0.4, -0.2) is 40.3 Å². The second-order valence-corrected chi connectivity index (χ2v) is 9.57. The highest BCUT2D eigenvalue weighted by Crippen LogP contribution is 2.35. The van der Waals surface area contributed by atoms with Gasteiger partial charge in [0.05, 0.1) is 16.7 Å².